The van der Waals surface area contributed by atoms with Crippen molar-refractivity contribution in [3.05, 3.63) is 22.2 Å². The first kappa shape index (κ1) is 83.1. The molecule has 3 aliphatic rings. The highest BCUT2D eigenvalue weighted by atomic mass is 28.4. The normalized spacial score (nSPS) is 23.0. The molecule has 0 spiro atoms. The van der Waals surface area contributed by atoms with Crippen LogP contribution in [0.2, 0.25) is 36.3 Å². The summed E-state index contributed by atoms with van der Waals surface area (Å²) >= 11 is 0. The van der Waals surface area contributed by atoms with Gasteiger partial charge >= 0.3 is 83.3 Å². The Morgan fingerprint density at radius 3 is 1.27 bits per heavy atom. The van der Waals surface area contributed by atoms with E-state index < -0.39 is 144 Å². The Labute approximate surface area is 505 Å². The lowest BCUT2D eigenvalue weighted by Crippen LogP contribution is -2.70. The van der Waals surface area contributed by atoms with Gasteiger partial charge in [-0.05, 0) is 56.0 Å². The summed E-state index contributed by atoms with van der Waals surface area (Å²) < 4.78 is 365. The van der Waals surface area contributed by atoms with Crippen LogP contribution in [0.15, 0.2) is 11.0 Å². The zero-order chi connectivity index (χ0) is 72.1. The number of urea groups is 1. The van der Waals surface area contributed by atoms with E-state index in [9.17, 15) is 129 Å². The monoisotopic (exact) mass is 1420 g/mol. The highest BCUT2D eigenvalue weighted by Gasteiger charge is 2.92. The maximum absolute atomic E-state index is 14.1. The standard InChI is InChI=1S/C25H33F13N2O4Si.C17H32N2O4Si.C8H5F13O/c1-8-14-15(44-45(6,7)19(3,4)5)11-16(43-14)40-12-13(2)17(39-18(40)41)42-10-9-20(26,27)21(28,29)22(30,31)23(32,33)24(34,35)25(36,37)38;1-8-12-13(23-24(6,7)17(3,4)5)9-14(22-12)19-10-11(2)15(20)18-16(19)21;9-3(10,1-2-22)4(11,12)5(13,14)6(15,16)7(17,18)8(19,20)21/h12,14-16H,8-11H2,1-7H3;11-14H,8-10H2,1-7H3,(H,18,20,21);22H,1-2H2. The van der Waals surface area contributed by atoms with Crippen LogP contribution in [-0.2, 0) is 23.1 Å². The van der Waals surface area contributed by atoms with Gasteiger partial charge in [0.1, 0.15) is 12.5 Å². The number of imide groups is 1. The van der Waals surface area contributed by atoms with Gasteiger partial charge in [0.05, 0.1) is 43.4 Å². The summed E-state index contributed by atoms with van der Waals surface area (Å²) in [6.07, 6.45) is -18.8. The Morgan fingerprint density at radius 2 is 0.923 bits per heavy atom. The van der Waals surface area contributed by atoms with Crippen LogP contribution in [-0.4, -0.2) is 170 Å². The smallest absolute Gasteiger partial charge is 0.460 e. The van der Waals surface area contributed by atoms with E-state index in [1.54, 1.807) is 4.90 Å². The number of aliphatic hydroxyl groups is 1. The third-order valence-electron chi connectivity index (χ3n) is 15.9. The van der Waals surface area contributed by atoms with Gasteiger partial charge in [0, 0.05) is 44.2 Å². The van der Waals surface area contributed by atoms with Gasteiger partial charge < -0.3 is 28.2 Å². The summed E-state index contributed by atoms with van der Waals surface area (Å²) in [6, 6.07) is -0.356. The molecule has 1 aromatic heterocycles. The first-order chi connectivity index (χ1) is 40.2. The average Bonchev–Trinajstić information content (AvgIpc) is 1.35. The molecule has 534 valence electrons. The van der Waals surface area contributed by atoms with E-state index in [1.165, 1.54) is 6.92 Å². The minimum atomic E-state index is -7.98. The number of nitrogens with zero attached hydrogens (tertiary/aromatic N) is 3. The fourth-order valence-corrected chi connectivity index (χ4v) is 10.8. The van der Waals surface area contributed by atoms with Gasteiger partial charge in [-0.15, -0.1) is 0 Å². The summed E-state index contributed by atoms with van der Waals surface area (Å²) in [5, 5.41) is 10.3. The SMILES string of the molecule is CCC1OC(N2CC(C)C(=O)NC2=O)CC1O[Si](C)(C)C(C)(C)C.CCC1OC(n2cc(C)c(OCCC(F)(F)C(F)(F)C(F)(F)C(F)(F)C(F)(F)C(F)(F)F)nc2=O)CC1O[Si](C)(C)C(C)(C)C.OCCC(F)(F)C(F)(F)C(F)(F)C(F)(F)C(F)(F)C(F)(F)F. The van der Waals surface area contributed by atoms with E-state index in [-0.39, 0.29) is 58.4 Å². The molecule has 3 aliphatic heterocycles. The van der Waals surface area contributed by atoms with E-state index in [2.05, 4.69) is 51.1 Å². The first-order valence-electron chi connectivity index (χ1n) is 27.2. The number of alkyl halides is 26. The number of ether oxygens (including phenoxy) is 3. The predicted octanol–water partition coefficient (Wildman–Crippen LogP) is 15.3. The predicted molar refractivity (Wildman–Crippen MR) is 273 cm³/mol. The third kappa shape index (κ3) is 16.3. The number of aliphatic hydroxyl groups excluding tert-OH is 1. The minimum absolute atomic E-state index is 0.00151. The zero-order valence-corrected chi connectivity index (χ0v) is 52.9. The van der Waals surface area contributed by atoms with E-state index in [4.69, 9.17) is 28.2 Å². The molecule has 41 heteroatoms. The molecule has 7 unspecified atom stereocenters. The molecule has 0 saturated carbocycles. The second kappa shape index (κ2) is 27.3. The average molecular weight is 1420 g/mol. The Balaban J connectivity index is 0.000000514. The summed E-state index contributed by atoms with van der Waals surface area (Å²) in [4.78, 5) is 41.6. The van der Waals surface area contributed by atoms with Crippen LogP contribution in [0.25, 0.3) is 0 Å². The molecule has 4 rings (SSSR count). The molecular formula is C50H70F26N4O9Si2. The highest BCUT2D eigenvalue weighted by Crippen LogP contribution is 2.62. The van der Waals surface area contributed by atoms with E-state index >= 15 is 0 Å². The van der Waals surface area contributed by atoms with E-state index in [1.807, 2.05) is 47.7 Å². The van der Waals surface area contributed by atoms with Crippen LogP contribution in [0.5, 0.6) is 5.88 Å². The van der Waals surface area contributed by atoms with E-state index in [0.717, 1.165) is 17.2 Å². The van der Waals surface area contributed by atoms with Crippen molar-refractivity contribution in [2.24, 2.45) is 5.92 Å². The molecule has 0 bridgehead atoms. The van der Waals surface area contributed by atoms with Crippen LogP contribution >= 0.6 is 0 Å². The number of carbonyl (C=O) groups excluding carboxylic acids is 2. The van der Waals surface area contributed by atoms with Gasteiger partial charge in [0.2, 0.25) is 11.8 Å². The minimum Gasteiger partial charge on any atom is -0.477 e. The number of amides is 3. The van der Waals surface area contributed by atoms with Gasteiger partial charge in [0.15, 0.2) is 16.6 Å². The Morgan fingerprint density at radius 1 is 0.571 bits per heavy atom. The molecule has 3 fully saturated rings. The van der Waals surface area contributed by atoms with Crippen LogP contribution in [0, 0.1) is 12.8 Å². The van der Waals surface area contributed by atoms with Crippen molar-refractivity contribution in [1.29, 1.82) is 0 Å². The molecule has 0 aliphatic carbocycles. The molecule has 0 aromatic carbocycles. The molecule has 4 heterocycles. The van der Waals surface area contributed by atoms with Crippen LogP contribution in [0.4, 0.5) is 119 Å². The lowest BCUT2D eigenvalue weighted by molar-refractivity contribution is -0.440. The molecule has 7 atom stereocenters. The van der Waals surface area contributed by atoms with Crippen molar-refractivity contribution in [2.45, 2.75) is 252 Å². The Bertz CT molecular complexity index is 2700. The number of halogens is 26. The van der Waals surface area contributed by atoms with Crippen molar-refractivity contribution in [2.75, 3.05) is 19.8 Å². The van der Waals surface area contributed by atoms with Crippen molar-refractivity contribution in [3.63, 3.8) is 0 Å². The first-order valence-corrected chi connectivity index (χ1v) is 33.0. The summed E-state index contributed by atoms with van der Waals surface area (Å²) in [5.74, 6) is -75.5. The zero-order valence-electron chi connectivity index (χ0n) is 50.9. The van der Waals surface area contributed by atoms with Gasteiger partial charge in [-0.2, -0.15) is 119 Å². The van der Waals surface area contributed by atoms with Gasteiger partial charge in [-0.25, -0.2) is 9.59 Å². The fourth-order valence-electron chi connectivity index (χ4n) is 8.10. The topological polar surface area (TPSA) is 151 Å². The molecule has 13 nitrogen and oxygen atoms in total. The van der Waals surface area contributed by atoms with Crippen molar-refractivity contribution < 1.29 is 152 Å². The molecule has 2 N–H and O–H groups in total. The fraction of sp³-hybridized carbons (Fsp3) is 0.880. The number of hydrogen-bond donors (Lipinski definition) is 2. The van der Waals surface area contributed by atoms with Crippen molar-refractivity contribution in [1.82, 2.24) is 19.8 Å². The van der Waals surface area contributed by atoms with Crippen LogP contribution < -0.4 is 15.7 Å². The van der Waals surface area contributed by atoms with Gasteiger partial charge in [-0.3, -0.25) is 19.6 Å². The maximum atomic E-state index is 14.1. The second-order valence-corrected chi connectivity index (χ2v) is 34.2. The molecule has 91 heavy (non-hydrogen) atoms. The number of nitrogens with one attached hydrogen (secondary N) is 1. The van der Waals surface area contributed by atoms with Crippen molar-refractivity contribution >= 4 is 28.6 Å². The van der Waals surface area contributed by atoms with Crippen LogP contribution in [0.1, 0.15) is 113 Å². The number of hydrogen-bond acceptors (Lipinski definition) is 10. The second-order valence-electron chi connectivity index (χ2n) is 24.7. The summed E-state index contributed by atoms with van der Waals surface area (Å²) in [6.45, 7) is 24.9. The number of aryl methyl sites for hydroxylation is 1. The maximum Gasteiger partial charge on any atom is 0.460 e. The largest absolute Gasteiger partial charge is 0.477 e. The Hall–Kier alpha value is -3.97. The molecule has 0 radical (unpaired) electrons. The number of aromatic nitrogens is 2. The van der Waals surface area contributed by atoms with Crippen molar-refractivity contribution in [3.8, 4) is 5.88 Å². The molecule has 1 aromatic rings. The summed E-state index contributed by atoms with van der Waals surface area (Å²) in [5.41, 5.74) is -1.17. The lowest BCUT2D eigenvalue weighted by Gasteiger charge is -2.39. The molecule has 3 amide bonds. The number of rotatable bonds is 22. The van der Waals surface area contributed by atoms with Gasteiger partial charge in [0.25, 0.3) is 0 Å². The molecular weight excluding hydrogens is 1350 g/mol. The van der Waals surface area contributed by atoms with Crippen LogP contribution in [0.3, 0.4) is 0 Å². The Kier molecular flexibility index (Phi) is 24.9. The van der Waals surface area contributed by atoms with Gasteiger partial charge in [-0.1, -0.05) is 62.3 Å². The third-order valence-corrected chi connectivity index (χ3v) is 24.9. The summed E-state index contributed by atoms with van der Waals surface area (Å²) in [7, 11) is -4.17. The molecule has 3 saturated heterocycles. The van der Waals surface area contributed by atoms with E-state index in [0.29, 0.717) is 19.4 Å². The highest BCUT2D eigenvalue weighted by molar-refractivity contribution is 6.74. The lowest BCUT2D eigenvalue weighted by atomic mass is 9.93. The number of carbonyl (C=O) groups is 2. The quantitative estimate of drug-likeness (QED) is 0.0848.